The minimum atomic E-state index is -0.543. The molecule has 2 saturated heterocycles. The van der Waals surface area contributed by atoms with Crippen molar-refractivity contribution in [1.82, 2.24) is 10.6 Å². The van der Waals surface area contributed by atoms with Crippen LogP contribution in [0.15, 0.2) is 24.3 Å². The molecule has 2 fully saturated rings. The number of anilines is 1. The molecule has 0 aliphatic carbocycles. The van der Waals surface area contributed by atoms with E-state index >= 15 is 0 Å². The summed E-state index contributed by atoms with van der Waals surface area (Å²) in [6, 6.07) is 7.41. The highest BCUT2D eigenvalue weighted by molar-refractivity contribution is 5.94. The summed E-state index contributed by atoms with van der Waals surface area (Å²) in [6.07, 6.45) is -0.543. The first-order chi connectivity index (χ1) is 11.1. The Labute approximate surface area is 134 Å². The van der Waals surface area contributed by atoms with Crippen LogP contribution in [0.2, 0.25) is 0 Å². The van der Waals surface area contributed by atoms with Crippen LogP contribution in [0.3, 0.4) is 0 Å². The Morgan fingerprint density at radius 2 is 2.13 bits per heavy atom. The molecule has 7 heteroatoms. The molecule has 0 aromatic heterocycles. The van der Waals surface area contributed by atoms with Crippen LogP contribution in [0.1, 0.15) is 18.5 Å². The van der Waals surface area contributed by atoms with Gasteiger partial charge in [0, 0.05) is 18.8 Å². The van der Waals surface area contributed by atoms with E-state index in [2.05, 4.69) is 10.6 Å². The van der Waals surface area contributed by atoms with E-state index in [4.69, 9.17) is 9.47 Å². The van der Waals surface area contributed by atoms with Gasteiger partial charge in [-0.3, -0.25) is 9.69 Å². The van der Waals surface area contributed by atoms with E-state index in [1.165, 1.54) is 0 Å². The van der Waals surface area contributed by atoms with Crippen LogP contribution in [-0.4, -0.2) is 51.0 Å². The molecular weight excluding hydrogens is 298 g/mol. The van der Waals surface area contributed by atoms with Gasteiger partial charge in [-0.1, -0.05) is 12.1 Å². The zero-order chi connectivity index (χ0) is 16.2. The smallest absolute Gasteiger partial charge is 0.321 e. The van der Waals surface area contributed by atoms with Crippen LogP contribution in [0.25, 0.3) is 0 Å². The highest BCUT2D eigenvalue weighted by atomic mass is 16.6. The molecule has 7 nitrogen and oxygen atoms in total. The van der Waals surface area contributed by atoms with Gasteiger partial charge >= 0.3 is 6.03 Å². The van der Waals surface area contributed by atoms with Crippen LogP contribution < -0.4 is 15.5 Å². The quantitative estimate of drug-likeness (QED) is 0.861. The number of benzene rings is 1. The predicted molar refractivity (Wildman–Crippen MR) is 84.3 cm³/mol. The van der Waals surface area contributed by atoms with Crippen molar-refractivity contribution in [2.75, 3.05) is 37.8 Å². The molecule has 2 N–H and O–H groups in total. The third-order valence-corrected chi connectivity index (χ3v) is 4.03. The fraction of sp³-hybridized carbons (Fsp3) is 0.500. The molecule has 2 atom stereocenters. The zero-order valence-electron chi connectivity index (χ0n) is 13.1. The third-order valence-electron chi connectivity index (χ3n) is 4.03. The number of urea groups is 1. The minimum absolute atomic E-state index is 0.0754. The lowest BCUT2D eigenvalue weighted by atomic mass is 10.1. The summed E-state index contributed by atoms with van der Waals surface area (Å²) in [6.45, 7) is 4.52. The van der Waals surface area contributed by atoms with Gasteiger partial charge in [0.2, 0.25) is 0 Å². The fourth-order valence-electron chi connectivity index (χ4n) is 2.69. The Kier molecular flexibility index (Phi) is 4.78. The standard InChI is InChI=1S/C16H21N3O4/c1-11(18-15(20)14-10-22-8-9-23-14)12-2-4-13(5-3-12)19-7-6-17-16(19)21/h2-5,11,14H,6-10H2,1H3,(H,17,21)(H,18,20). The number of carbonyl (C=O) groups is 2. The molecule has 2 unspecified atom stereocenters. The summed E-state index contributed by atoms with van der Waals surface area (Å²) < 4.78 is 10.6. The van der Waals surface area contributed by atoms with Crippen molar-refractivity contribution >= 4 is 17.6 Å². The monoisotopic (exact) mass is 319 g/mol. The van der Waals surface area contributed by atoms with Crippen LogP contribution >= 0.6 is 0 Å². The van der Waals surface area contributed by atoms with Gasteiger partial charge in [-0.15, -0.1) is 0 Å². The van der Waals surface area contributed by atoms with Crippen molar-refractivity contribution in [3.8, 4) is 0 Å². The van der Waals surface area contributed by atoms with E-state index in [0.29, 0.717) is 32.9 Å². The number of rotatable bonds is 4. The lowest BCUT2D eigenvalue weighted by molar-refractivity contribution is -0.148. The van der Waals surface area contributed by atoms with Gasteiger partial charge in [-0.05, 0) is 24.6 Å². The highest BCUT2D eigenvalue weighted by Gasteiger charge is 2.24. The number of carbonyl (C=O) groups excluding carboxylic acids is 2. The summed E-state index contributed by atoms with van der Waals surface area (Å²) in [5.41, 5.74) is 1.82. The molecule has 2 aliphatic rings. The van der Waals surface area contributed by atoms with E-state index in [-0.39, 0.29) is 18.0 Å². The maximum Gasteiger partial charge on any atom is 0.321 e. The van der Waals surface area contributed by atoms with Crippen molar-refractivity contribution in [2.24, 2.45) is 0 Å². The van der Waals surface area contributed by atoms with Gasteiger partial charge < -0.3 is 20.1 Å². The van der Waals surface area contributed by atoms with Gasteiger partial charge in [0.25, 0.3) is 5.91 Å². The molecule has 1 aromatic carbocycles. The number of nitrogens with one attached hydrogen (secondary N) is 2. The van der Waals surface area contributed by atoms with Crippen LogP contribution in [0, 0.1) is 0 Å². The van der Waals surface area contributed by atoms with Gasteiger partial charge in [0.15, 0.2) is 6.10 Å². The average molecular weight is 319 g/mol. The molecule has 1 aromatic rings. The van der Waals surface area contributed by atoms with Crippen molar-refractivity contribution < 1.29 is 19.1 Å². The van der Waals surface area contributed by atoms with Crippen LogP contribution in [-0.2, 0) is 14.3 Å². The van der Waals surface area contributed by atoms with E-state index < -0.39 is 6.10 Å². The fourth-order valence-corrected chi connectivity index (χ4v) is 2.69. The van der Waals surface area contributed by atoms with Gasteiger partial charge in [-0.2, -0.15) is 0 Å². The van der Waals surface area contributed by atoms with Gasteiger partial charge in [0.05, 0.1) is 25.9 Å². The Balaban J connectivity index is 1.59. The van der Waals surface area contributed by atoms with Crippen LogP contribution in [0.5, 0.6) is 0 Å². The first-order valence-electron chi connectivity index (χ1n) is 7.80. The first kappa shape index (κ1) is 15.8. The van der Waals surface area contributed by atoms with Gasteiger partial charge in [0.1, 0.15) is 0 Å². The van der Waals surface area contributed by atoms with Crippen molar-refractivity contribution in [2.45, 2.75) is 19.1 Å². The zero-order valence-corrected chi connectivity index (χ0v) is 13.1. The molecule has 3 amide bonds. The lowest BCUT2D eigenvalue weighted by Gasteiger charge is -2.24. The number of ether oxygens (including phenoxy) is 2. The second-order valence-electron chi connectivity index (χ2n) is 5.64. The molecule has 124 valence electrons. The number of hydrogen-bond donors (Lipinski definition) is 2. The largest absolute Gasteiger partial charge is 0.376 e. The number of hydrogen-bond acceptors (Lipinski definition) is 4. The molecule has 23 heavy (non-hydrogen) atoms. The van der Waals surface area contributed by atoms with Crippen molar-refractivity contribution in [1.29, 1.82) is 0 Å². The third kappa shape index (κ3) is 3.62. The van der Waals surface area contributed by atoms with E-state index in [9.17, 15) is 9.59 Å². The summed E-state index contributed by atoms with van der Waals surface area (Å²) in [4.78, 5) is 25.5. The topological polar surface area (TPSA) is 79.9 Å². The maximum absolute atomic E-state index is 12.1. The Morgan fingerprint density at radius 3 is 2.74 bits per heavy atom. The maximum atomic E-state index is 12.1. The number of nitrogens with zero attached hydrogens (tertiary/aromatic N) is 1. The summed E-state index contributed by atoms with van der Waals surface area (Å²) >= 11 is 0. The molecule has 0 bridgehead atoms. The minimum Gasteiger partial charge on any atom is -0.376 e. The first-order valence-corrected chi connectivity index (χ1v) is 7.80. The Bertz CT molecular complexity index is 569. The molecule has 2 aliphatic heterocycles. The molecular formula is C16H21N3O4. The second kappa shape index (κ2) is 6.97. The summed E-state index contributed by atoms with van der Waals surface area (Å²) in [7, 11) is 0. The summed E-state index contributed by atoms with van der Waals surface area (Å²) in [5, 5.41) is 5.70. The molecule has 0 spiro atoms. The predicted octanol–water partition coefficient (Wildman–Crippen LogP) is 0.809. The van der Waals surface area contributed by atoms with E-state index in [1.54, 1.807) is 4.90 Å². The molecule has 3 rings (SSSR count). The molecule has 2 heterocycles. The molecule has 0 saturated carbocycles. The Morgan fingerprint density at radius 1 is 1.35 bits per heavy atom. The lowest BCUT2D eigenvalue weighted by Crippen LogP contribution is -2.43. The Hall–Kier alpha value is -2.12. The summed E-state index contributed by atoms with van der Waals surface area (Å²) in [5.74, 6) is -0.166. The second-order valence-corrected chi connectivity index (χ2v) is 5.64. The SMILES string of the molecule is CC(NC(=O)C1COCCO1)c1ccc(N2CCNC2=O)cc1. The highest BCUT2D eigenvalue weighted by Crippen LogP contribution is 2.20. The van der Waals surface area contributed by atoms with Crippen molar-refractivity contribution in [3.05, 3.63) is 29.8 Å². The average Bonchev–Trinajstić information content (AvgIpc) is 3.02. The van der Waals surface area contributed by atoms with Crippen LogP contribution in [0.4, 0.5) is 10.5 Å². The molecule has 0 radical (unpaired) electrons. The van der Waals surface area contributed by atoms with E-state index in [1.807, 2.05) is 31.2 Å². The number of amides is 3. The normalized spacial score (nSPS) is 22.6. The van der Waals surface area contributed by atoms with Crippen molar-refractivity contribution in [3.63, 3.8) is 0 Å². The van der Waals surface area contributed by atoms with E-state index in [0.717, 1.165) is 11.3 Å². The van der Waals surface area contributed by atoms with Gasteiger partial charge in [-0.25, -0.2) is 4.79 Å².